The number of benzene rings is 1. The number of aryl methyl sites for hydroxylation is 1. The fourth-order valence-electron chi connectivity index (χ4n) is 3.59. The zero-order valence-electron chi connectivity index (χ0n) is 12.8. The Balaban J connectivity index is 1.63. The van der Waals surface area contributed by atoms with E-state index in [0.29, 0.717) is 11.3 Å². The second-order valence-electron chi connectivity index (χ2n) is 6.36. The summed E-state index contributed by atoms with van der Waals surface area (Å²) in [4.78, 5) is 17.1. The SMILES string of the molecule is Cc1ccc(N)c(C(=O)N2CCN(C3CCCC3)CC2)c1. The lowest BCUT2D eigenvalue weighted by atomic mass is 10.1. The number of amides is 1. The van der Waals surface area contributed by atoms with Crippen molar-refractivity contribution in [3.63, 3.8) is 0 Å². The van der Waals surface area contributed by atoms with Crippen molar-refractivity contribution in [3.8, 4) is 0 Å². The molecule has 1 aromatic rings. The lowest BCUT2D eigenvalue weighted by molar-refractivity contribution is 0.0574. The van der Waals surface area contributed by atoms with E-state index in [9.17, 15) is 4.79 Å². The molecule has 2 N–H and O–H groups in total. The third-order valence-corrected chi connectivity index (χ3v) is 4.88. The summed E-state index contributed by atoms with van der Waals surface area (Å²) in [6.45, 7) is 5.64. The van der Waals surface area contributed by atoms with Crippen LogP contribution in [-0.4, -0.2) is 47.9 Å². The molecule has 0 bridgehead atoms. The highest BCUT2D eigenvalue weighted by Crippen LogP contribution is 2.25. The topological polar surface area (TPSA) is 49.6 Å². The van der Waals surface area contributed by atoms with Gasteiger partial charge in [-0.15, -0.1) is 0 Å². The van der Waals surface area contributed by atoms with Gasteiger partial charge in [-0.2, -0.15) is 0 Å². The van der Waals surface area contributed by atoms with Crippen molar-refractivity contribution in [2.24, 2.45) is 0 Å². The van der Waals surface area contributed by atoms with Crippen LogP contribution in [0.2, 0.25) is 0 Å². The number of nitrogen functional groups attached to an aromatic ring is 1. The lowest BCUT2D eigenvalue weighted by Crippen LogP contribution is -2.51. The van der Waals surface area contributed by atoms with E-state index < -0.39 is 0 Å². The molecule has 2 aliphatic rings. The Hall–Kier alpha value is -1.55. The van der Waals surface area contributed by atoms with Crippen LogP contribution >= 0.6 is 0 Å². The first-order chi connectivity index (χ1) is 10.1. The van der Waals surface area contributed by atoms with Crippen LogP contribution in [0.25, 0.3) is 0 Å². The molecule has 0 aromatic heterocycles. The second-order valence-corrected chi connectivity index (χ2v) is 6.36. The van der Waals surface area contributed by atoms with Crippen molar-refractivity contribution in [1.82, 2.24) is 9.80 Å². The van der Waals surface area contributed by atoms with Gasteiger partial charge in [0.2, 0.25) is 0 Å². The van der Waals surface area contributed by atoms with Gasteiger partial charge < -0.3 is 10.6 Å². The minimum absolute atomic E-state index is 0.0854. The Morgan fingerprint density at radius 3 is 2.48 bits per heavy atom. The predicted molar refractivity (Wildman–Crippen MR) is 85.3 cm³/mol. The largest absolute Gasteiger partial charge is 0.398 e. The van der Waals surface area contributed by atoms with Gasteiger partial charge in [0.1, 0.15) is 0 Å². The number of carbonyl (C=O) groups excluding carboxylic acids is 1. The van der Waals surface area contributed by atoms with E-state index in [1.807, 2.05) is 30.0 Å². The summed E-state index contributed by atoms with van der Waals surface area (Å²) in [6, 6.07) is 6.44. The van der Waals surface area contributed by atoms with Gasteiger partial charge in [-0.25, -0.2) is 0 Å². The normalized spacial score (nSPS) is 20.9. The molecule has 1 saturated heterocycles. The molecule has 1 aliphatic carbocycles. The molecule has 4 nitrogen and oxygen atoms in total. The predicted octanol–water partition coefficient (Wildman–Crippen LogP) is 2.28. The van der Waals surface area contributed by atoms with Gasteiger partial charge >= 0.3 is 0 Å². The molecule has 1 saturated carbocycles. The van der Waals surface area contributed by atoms with Gasteiger partial charge in [-0.05, 0) is 31.9 Å². The minimum Gasteiger partial charge on any atom is -0.398 e. The molecule has 0 unspecified atom stereocenters. The fraction of sp³-hybridized carbons (Fsp3) is 0.588. The zero-order chi connectivity index (χ0) is 14.8. The average molecular weight is 287 g/mol. The van der Waals surface area contributed by atoms with Gasteiger partial charge in [-0.3, -0.25) is 9.69 Å². The molecule has 1 aliphatic heterocycles. The Bertz CT molecular complexity index is 515. The first-order valence-electron chi connectivity index (χ1n) is 8.04. The molecule has 114 valence electrons. The number of nitrogens with zero attached hydrogens (tertiary/aromatic N) is 2. The van der Waals surface area contributed by atoms with Gasteiger partial charge in [0, 0.05) is 37.9 Å². The first-order valence-corrected chi connectivity index (χ1v) is 8.04. The molecule has 1 aromatic carbocycles. The van der Waals surface area contributed by atoms with Crippen LogP contribution in [0.15, 0.2) is 18.2 Å². The fourth-order valence-corrected chi connectivity index (χ4v) is 3.59. The van der Waals surface area contributed by atoms with Gasteiger partial charge in [-0.1, -0.05) is 24.5 Å². The van der Waals surface area contributed by atoms with Crippen LogP contribution in [0.3, 0.4) is 0 Å². The van der Waals surface area contributed by atoms with Crippen molar-refractivity contribution in [3.05, 3.63) is 29.3 Å². The van der Waals surface area contributed by atoms with Crippen LogP contribution < -0.4 is 5.73 Å². The van der Waals surface area contributed by atoms with E-state index in [4.69, 9.17) is 5.73 Å². The van der Waals surface area contributed by atoms with E-state index in [-0.39, 0.29) is 5.91 Å². The maximum Gasteiger partial charge on any atom is 0.256 e. The number of hydrogen-bond donors (Lipinski definition) is 1. The first kappa shape index (κ1) is 14.4. The monoisotopic (exact) mass is 287 g/mol. The molecule has 2 fully saturated rings. The lowest BCUT2D eigenvalue weighted by Gasteiger charge is -2.38. The zero-order valence-corrected chi connectivity index (χ0v) is 12.8. The average Bonchev–Trinajstić information content (AvgIpc) is 3.03. The number of carbonyl (C=O) groups is 1. The molecule has 0 atom stereocenters. The number of rotatable bonds is 2. The van der Waals surface area contributed by atoms with Crippen molar-refractivity contribution >= 4 is 11.6 Å². The third-order valence-electron chi connectivity index (χ3n) is 4.88. The summed E-state index contributed by atoms with van der Waals surface area (Å²) >= 11 is 0. The summed E-state index contributed by atoms with van der Waals surface area (Å²) in [5.74, 6) is 0.0854. The maximum absolute atomic E-state index is 12.6. The van der Waals surface area contributed by atoms with E-state index in [2.05, 4.69) is 4.90 Å². The van der Waals surface area contributed by atoms with Crippen molar-refractivity contribution < 1.29 is 4.79 Å². The van der Waals surface area contributed by atoms with Crippen LogP contribution in [-0.2, 0) is 0 Å². The molecular formula is C17H25N3O. The second kappa shape index (κ2) is 6.06. The van der Waals surface area contributed by atoms with Gasteiger partial charge in [0.15, 0.2) is 0 Å². The quantitative estimate of drug-likeness (QED) is 0.849. The van der Waals surface area contributed by atoms with E-state index in [0.717, 1.165) is 37.8 Å². The van der Waals surface area contributed by atoms with Crippen LogP contribution in [0, 0.1) is 6.92 Å². The van der Waals surface area contributed by atoms with Crippen molar-refractivity contribution in [2.75, 3.05) is 31.9 Å². The Morgan fingerprint density at radius 2 is 1.81 bits per heavy atom. The molecule has 0 radical (unpaired) electrons. The third kappa shape index (κ3) is 3.05. The van der Waals surface area contributed by atoms with Gasteiger partial charge in [0.05, 0.1) is 5.56 Å². The molecule has 21 heavy (non-hydrogen) atoms. The standard InChI is InChI=1S/C17H25N3O/c1-13-6-7-16(18)15(12-13)17(21)20-10-8-19(9-11-20)14-4-2-3-5-14/h6-7,12,14H,2-5,8-11,18H2,1H3. The highest BCUT2D eigenvalue weighted by molar-refractivity contribution is 5.99. The highest BCUT2D eigenvalue weighted by atomic mass is 16.2. The Kier molecular flexibility index (Phi) is 4.15. The van der Waals surface area contributed by atoms with E-state index in [1.165, 1.54) is 25.7 Å². The molecule has 4 heteroatoms. The van der Waals surface area contributed by atoms with Crippen LogP contribution in [0.5, 0.6) is 0 Å². The van der Waals surface area contributed by atoms with Crippen LogP contribution in [0.4, 0.5) is 5.69 Å². The molecule has 3 rings (SSSR count). The van der Waals surface area contributed by atoms with E-state index in [1.54, 1.807) is 0 Å². The number of piperazine rings is 1. The van der Waals surface area contributed by atoms with Crippen LogP contribution in [0.1, 0.15) is 41.6 Å². The Labute approximate surface area is 126 Å². The summed E-state index contributed by atoms with van der Waals surface area (Å²) in [5.41, 5.74) is 8.29. The molecule has 1 heterocycles. The number of nitrogens with two attached hydrogens (primary N) is 1. The van der Waals surface area contributed by atoms with Crippen molar-refractivity contribution in [1.29, 1.82) is 0 Å². The Morgan fingerprint density at radius 1 is 1.14 bits per heavy atom. The molecule has 0 spiro atoms. The molecule has 1 amide bonds. The number of hydrogen-bond acceptors (Lipinski definition) is 3. The molecular weight excluding hydrogens is 262 g/mol. The summed E-state index contributed by atoms with van der Waals surface area (Å²) in [6.07, 6.45) is 5.39. The maximum atomic E-state index is 12.6. The highest BCUT2D eigenvalue weighted by Gasteiger charge is 2.28. The number of anilines is 1. The summed E-state index contributed by atoms with van der Waals surface area (Å²) in [7, 11) is 0. The summed E-state index contributed by atoms with van der Waals surface area (Å²) < 4.78 is 0. The smallest absolute Gasteiger partial charge is 0.256 e. The minimum atomic E-state index is 0.0854. The van der Waals surface area contributed by atoms with E-state index >= 15 is 0 Å². The van der Waals surface area contributed by atoms with Crippen molar-refractivity contribution in [2.45, 2.75) is 38.6 Å². The summed E-state index contributed by atoms with van der Waals surface area (Å²) in [5, 5.41) is 0. The van der Waals surface area contributed by atoms with Gasteiger partial charge in [0.25, 0.3) is 5.91 Å².